The molecule has 0 spiro atoms. The second-order valence-corrected chi connectivity index (χ2v) is 7.72. The number of benzene rings is 1. The fourth-order valence-electron chi connectivity index (χ4n) is 2.76. The van der Waals surface area contributed by atoms with Crippen molar-refractivity contribution in [3.63, 3.8) is 0 Å². The van der Waals surface area contributed by atoms with Gasteiger partial charge in [-0.15, -0.1) is 0 Å². The van der Waals surface area contributed by atoms with Crippen molar-refractivity contribution in [2.75, 3.05) is 6.61 Å². The quantitative estimate of drug-likeness (QED) is 0.296. The summed E-state index contributed by atoms with van der Waals surface area (Å²) < 4.78 is 31.8. The SMILES string of the molecule is CCCCCCCCCCCCc1ccccc1S(=O)(=O)O.CCO.[Na]. The topological polar surface area (TPSA) is 74.6 Å². The van der Waals surface area contributed by atoms with Gasteiger partial charge in [-0.1, -0.05) is 82.9 Å². The average molecular weight is 396 g/mol. The van der Waals surface area contributed by atoms with Crippen LogP contribution < -0.4 is 0 Å². The summed E-state index contributed by atoms with van der Waals surface area (Å²) >= 11 is 0. The smallest absolute Gasteiger partial charge is 0.294 e. The molecule has 147 valence electrons. The molecule has 26 heavy (non-hydrogen) atoms. The molecule has 0 aliphatic heterocycles. The first kappa shape index (κ1) is 28.3. The van der Waals surface area contributed by atoms with Gasteiger partial charge in [0.1, 0.15) is 0 Å². The third kappa shape index (κ3) is 15.2. The molecule has 0 fully saturated rings. The summed E-state index contributed by atoms with van der Waals surface area (Å²) in [5.41, 5.74) is 0.726. The molecule has 0 saturated carbocycles. The number of aryl methyl sites for hydroxylation is 1. The van der Waals surface area contributed by atoms with E-state index in [0.717, 1.165) is 18.4 Å². The largest absolute Gasteiger partial charge is 0.397 e. The van der Waals surface area contributed by atoms with E-state index >= 15 is 0 Å². The molecule has 0 unspecified atom stereocenters. The Bertz CT molecular complexity index is 532. The molecule has 0 saturated heterocycles. The van der Waals surface area contributed by atoms with E-state index in [-0.39, 0.29) is 41.1 Å². The van der Waals surface area contributed by atoms with Crippen LogP contribution in [0.1, 0.15) is 83.6 Å². The maximum Gasteiger partial charge on any atom is 0.294 e. The second-order valence-electron chi connectivity index (χ2n) is 6.33. The van der Waals surface area contributed by atoms with Gasteiger partial charge >= 0.3 is 0 Å². The molecule has 1 aromatic rings. The molecule has 0 aliphatic carbocycles. The van der Waals surface area contributed by atoms with E-state index in [4.69, 9.17) is 5.11 Å². The molecule has 0 heterocycles. The predicted octanol–water partition coefficient (Wildman–Crippen LogP) is 5.01. The van der Waals surface area contributed by atoms with Gasteiger partial charge in [-0.05, 0) is 31.4 Å². The molecule has 1 radical (unpaired) electrons. The molecule has 0 amide bonds. The van der Waals surface area contributed by atoms with E-state index in [9.17, 15) is 13.0 Å². The predicted molar refractivity (Wildman–Crippen MR) is 110 cm³/mol. The molecule has 0 aliphatic rings. The monoisotopic (exact) mass is 395 g/mol. The number of hydrogen-bond donors (Lipinski definition) is 2. The Morgan fingerprint density at radius 1 is 0.808 bits per heavy atom. The minimum Gasteiger partial charge on any atom is -0.397 e. The van der Waals surface area contributed by atoms with E-state index in [2.05, 4.69) is 6.92 Å². The van der Waals surface area contributed by atoms with E-state index < -0.39 is 10.1 Å². The normalized spacial score (nSPS) is 10.6. The van der Waals surface area contributed by atoms with E-state index in [1.807, 2.05) is 6.07 Å². The van der Waals surface area contributed by atoms with E-state index in [1.165, 1.54) is 57.4 Å². The Labute approximate surface area is 182 Å². The van der Waals surface area contributed by atoms with Crippen LogP contribution in [0, 0.1) is 0 Å². The standard InChI is InChI=1S/C18H30O3S.C2H6O.Na/c1-2-3-4-5-6-7-8-9-10-11-14-17-15-12-13-16-18(17)22(19,20)21;1-2-3;/h12-13,15-16H,2-11,14H2,1H3,(H,19,20,21);3H,2H2,1H3;. The van der Waals surface area contributed by atoms with Gasteiger partial charge in [0.15, 0.2) is 0 Å². The number of unbranched alkanes of at least 4 members (excludes halogenated alkanes) is 9. The molecular formula is C20H36NaO4S. The van der Waals surface area contributed by atoms with Gasteiger partial charge in [-0.3, -0.25) is 4.55 Å². The average Bonchev–Trinajstić information content (AvgIpc) is 2.57. The Morgan fingerprint density at radius 2 is 1.23 bits per heavy atom. The van der Waals surface area contributed by atoms with Crippen LogP contribution in [0.25, 0.3) is 0 Å². The van der Waals surface area contributed by atoms with E-state index in [0.29, 0.717) is 6.42 Å². The molecular weight excluding hydrogens is 359 g/mol. The first-order valence-corrected chi connectivity index (χ1v) is 11.1. The van der Waals surface area contributed by atoms with Crippen molar-refractivity contribution in [2.45, 2.75) is 89.4 Å². The van der Waals surface area contributed by atoms with Crippen LogP contribution in [-0.4, -0.2) is 54.2 Å². The summed E-state index contributed by atoms with van der Waals surface area (Å²) in [5.74, 6) is 0. The van der Waals surface area contributed by atoms with E-state index in [1.54, 1.807) is 19.1 Å². The van der Waals surface area contributed by atoms with Crippen molar-refractivity contribution in [2.24, 2.45) is 0 Å². The van der Waals surface area contributed by atoms with Crippen LogP contribution in [0.4, 0.5) is 0 Å². The van der Waals surface area contributed by atoms with Crippen LogP contribution in [-0.2, 0) is 16.5 Å². The summed E-state index contributed by atoms with van der Waals surface area (Å²) in [6.45, 7) is 4.17. The summed E-state index contributed by atoms with van der Waals surface area (Å²) in [5, 5.41) is 7.57. The first-order valence-electron chi connectivity index (χ1n) is 9.63. The Kier molecular flexibility index (Phi) is 20.1. The molecule has 4 nitrogen and oxygen atoms in total. The van der Waals surface area contributed by atoms with Gasteiger partial charge in [0, 0.05) is 36.2 Å². The summed E-state index contributed by atoms with van der Waals surface area (Å²) in [7, 11) is -4.10. The van der Waals surface area contributed by atoms with Crippen LogP contribution in [0.15, 0.2) is 29.2 Å². The molecule has 6 heteroatoms. The van der Waals surface area contributed by atoms with Crippen molar-refractivity contribution in [3.8, 4) is 0 Å². The number of rotatable bonds is 12. The van der Waals surface area contributed by atoms with Crippen molar-refractivity contribution < 1.29 is 18.1 Å². The van der Waals surface area contributed by atoms with Gasteiger partial charge < -0.3 is 5.11 Å². The van der Waals surface area contributed by atoms with Crippen molar-refractivity contribution >= 4 is 39.7 Å². The zero-order chi connectivity index (χ0) is 19.0. The summed E-state index contributed by atoms with van der Waals surface area (Å²) in [6.07, 6.45) is 13.3. The molecule has 1 aromatic carbocycles. The minimum atomic E-state index is -4.10. The zero-order valence-corrected chi connectivity index (χ0v) is 19.7. The Balaban J connectivity index is 0. The maximum absolute atomic E-state index is 11.3. The van der Waals surface area contributed by atoms with Crippen molar-refractivity contribution in [1.82, 2.24) is 0 Å². The van der Waals surface area contributed by atoms with Gasteiger partial charge in [-0.25, -0.2) is 0 Å². The van der Waals surface area contributed by atoms with Gasteiger partial charge in [0.2, 0.25) is 0 Å². The molecule has 0 atom stereocenters. The second kappa shape index (κ2) is 18.5. The van der Waals surface area contributed by atoms with Crippen molar-refractivity contribution in [3.05, 3.63) is 29.8 Å². The summed E-state index contributed by atoms with van der Waals surface area (Å²) in [4.78, 5) is 0.0610. The van der Waals surface area contributed by atoms with Gasteiger partial charge in [0.25, 0.3) is 10.1 Å². The van der Waals surface area contributed by atoms with Crippen molar-refractivity contribution in [1.29, 1.82) is 0 Å². The third-order valence-electron chi connectivity index (χ3n) is 4.05. The fourth-order valence-corrected chi connectivity index (χ4v) is 3.52. The zero-order valence-electron chi connectivity index (χ0n) is 16.9. The van der Waals surface area contributed by atoms with Crippen LogP contribution in [0.3, 0.4) is 0 Å². The maximum atomic E-state index is 11.3. The van der Waals surface area contributed by atoms with Crippen LogP contribution in [0.2, 0.25) is 0 Å². The molecule has 0 bridgehead atoms. The minimum absolute atomic E-state index is 0. The van der Waals surface area contributed by atoms with Crippen LogP contribution >= 0.6 is 0 Å². The van der Waals surface area contributed by atoms with Crippen LogP contribution in [0.5, 0.6) is 0 Å². The molecule has 1 rings (SSSR count). The van der Waals surface area contributed by atoms with Gasteiger partial charge in [0.05, 0.1) is 4.90 Å². The third-order valence-corrected chi connectivity index (χ3v) is 5.00. The molecule has 0 aromatic heterocycles. The Morgan fingerprint density at radius 3 is 1.69 bits per heavy atom. The molecule has 2 N–H and O–H groups in total. The number of aliphatic hydroxyl groups excluding tert-OH is 1. The fraction of sp³-hybridized carbons (Fsp3) is 0.700. The number of hydrogen-bond acceptors (Lipinski definition) is 3. The summed E-state index contributed by atoms with van der Waals surface area (Å²) in [6, 6.07) is 6.73. The van der Waals surface area contributed by atoms with Gasteiger partial charge in [-0.2, -0.15) is 8.42 Å². The first-order chi connectivity index (χ1) is 12.0. The Hall–Kier alpha value is 0.0900. The number of aliphatic hydroxyl groups is 1.